The van der Waals surface area contributed by atoms with Crippen LogP contribution in [0.15, 0.2) is 12.4 Å². The third-order valence-electron chi connectivity index (χ3n) is 2.51. The lowest BCUT2D eigenvalue weighted by atomic mass is 9.93. The van der Waals surface area contributed by atoms with E-state index in [0.29, 0.717) is 6.04 Å². The molecule has 0 saturated heterocycles. The first-order valence-electron chi connectivity index (χ1n) is 4.44. The van der Waals surface area contributed by atoms with Crippen LogP contribution in [-0.2, 0) is 0 Å². The Morgan fingerprint density at radius 1 is 1.33 bits per heavy atom. The standard InChI is InChI=1S/C9H13N2O/c12-9-4-2-8(3-5-9)11-7-1-6-10-11/h6-9,12H,2-5H2. The van der Waals surface area contributed by atoms with Gasteiger partial charge in [-0.15, -0.1) is 0 Å². The predicted molar refractivity (Wildman–Crippen MR) is 44.6 cm³/mol. The van der Waals surface area contributed by atoms with Crippen LogP contribution in [-0.4, -0.2) is 21.0 Å². The number of rotatable bonds is 1. The Bertz CT molecular complexity index is 225. The van der Waals surface area contributed by atoms with Gasteiger partial charge in [0.2, 0.25) is 0 Å². The highest BCUT2D eigenvalue weighted by Crippen LogP contribution is 2.27. The molecule has 0 unspecified atom stereocenters. The molecule has 1 N–H and O–H groups in total. The quantitative estimate of drug-likeness (QED) is 0.678. The van der Waals surface area contributed by atoms with Crippen LogP contribution in [0.1, 0.15) is 31.7 Å². The second-order valence-corrected chi connectivity index (χ2v) is 3.38. The summed E-state index contributed by atoms with van der Waals surface area (Å²) in [6.45, 7) is 0. The molecule has 1 fully saturated rings. The number of nitrogens with zero attached hydrogens (tertiary/aromatic N) is 2. The van der Waals surface area contributed by atoms with Crippen LogP contribution >= 0.6 is 0 Å². The zero-order valence-electron chi connectivity index (χ0n) is 6.98. The zero-order valence-corrected chi connectivity index (χ0v) is 6.98. The summed E-state index contributed by atoms with van der Waals surface area (Å²) in [5.41, 5.74) is 0. The first kappa shape index (κ1) is 7.80. The summed E-state index contributed by atoms with van der Waals surface area (Å²) >= 11 is 0. The normalized spacial score (nSPS) is 30.4. The topological polar surface area (TPSA) is 38.0 Å². The molecule has 1 saturated carbocycles. The molecule has 1 aliphatic rings. The van der Waals surface area contributed by atoms with Gasteiger partial charge in [-0.1, -0.05) is 0 Å². The molecular weight excluding hydrogens is 152 g/mol. The van der Waals surface area contributed by atoms with Crippen molar-refractivity contribution < 1.29 is 5.11 Å². The molecule has 3 nitrogen and oxygen atoms in total. The molecule has 1 aromatic heterocycles. The summed E-state index contributed by atoms with van der Waals surface area (Å²) < 4.78 is 1.95. The molecule has 0 aliphatic heterocycles. The van der Waals surface area contributed by atoms with E-state index in [1.807, 2.05) is 10.9 Å². The average molecular weight is 165 g/mol. The lowest BCUT2D eigenvalue weighted by Gasteiger charge is -2.25. The average Bonchev–Trinajstić information content (AvgIpc) is 2.58. The highest BCUT2D eigenvalue weighted by atomic mass is 16.3. The van der Waals surface area contributed by atoms with Gasteiger partial charge in [0.15, 0.2) is 0 Å². The van der Waals surface area contributed by atoms with Crippen molar-refractivity contribution in [3.63, 3.8) is 0 Å². The van der Waals surface area contributed by atoms with Crippen molar-refractivity contribution in [3.8, 4) is 0 Å². The molecule has 65 valence electrons. The number of aliphatic hydroxyl groups excluding tert-OH is 1. The summed E-state index contributed by atoms with van der Waals surface area (Å²) in [5, 5.41) is 13.4. The van der Waals surface area contributed by atoms with Crippen LogP contribution in [0.5, 0.6) is 0 Å². The second kappa shape index (κ2) is 3.27. The lowest BCUT2D eigenvalue weighted by Crippen LogP contribution is -2.21. The van der Waals surface area contributed by atoms with Gasteiger partial charge in [-0.2, -0.15) is 5.10 Å². The van der Waals surface area contributed by atoms with Crippen molar-refractivity contribution >= 4 is 0 Å². The fourth-order valence-corrected chi connectivity index (χ4v) is 1.77. The van der Waals surface area contributed by atoms with Crippen molar-refractivity contribution in [3.05, 3.63) is 18.5 Å². The Kier molecular flexibility index (Phi) is 2.13. The van der Waals surface area contributed by atoms with Crippen LogP contribution in [0.4, 0.5) is 0 Å². The third kappa shape index (κ3) is 1.50. The molecule has 3 heteroatoms. The van der Waals surface area contributed by atoms with Crippen LogP contribution in [0, 0.1) is 6.07 Å². The highest BCUT2D eigenvalue weighted by molar-refractivity contribution is 4.82. The van der Waals surface area contributed by atoms with E-state index in [-0.39, 0.29) is 6.10 Å². The molecule has 1 heterocycles. The summed E-state index contributed by atoms with van der Waals surface area (Å²) in [4.78, 5) is 0. The van der Waals surface area contributed by atoms with Gasteiger partial charge in [0, 0.05) is 12.3 Å². The summed E-state index contributed by atoms with van der Waals surface area (Å²) in [6.07, 6.45) is 7.37. The number of aromatic nitrogens is 2. The van der Waals surface area contributed by atoms with E-state index < -0.39 is 0 Å². The third-order valence-corrected chi connectivity index (χ3v) is 2.51. The molecule has 1 aliphatic carbocycles. The maximum Gasteiger partial charge on any atom is 0.0569 e. The molecule has 12 heavy (non-hydrogen) atoms. The van der Waals surface area contributed by atoms with Gasteiger partial charge in [0.1, 0.15) is 0 Å². The fraction of sp³-hybridized carbons (Fsp3) is 0.667. The Hall–Kier alpha value is -0.830. The monoisotopic (exact) mass is 165 g/mol. The molecule has 0 spiro atoms. The number of aliphatic hydroxyl groups is 1. The molecule has 1 aromatic rings. The van der Waals surface area contributed by atoms with Gasteiger partial charge >= 0.3 is 0 Å². The molecule has 2 rings (SSSR count). The highest BCUT2D eigenvalue weighted by Gasteiger charge is 2.20. The maximum absolute atomic E-state index is 9.29. The Labute approximate surface area is 72.0 Å². The van der Waals surface area contributed by atoms with E-state index in [1.165, 1.54) is 0 Å². The Morgan fingerprint density at radius 2 is 2.08 bits per heavy atom. The minimum Gasteiger partial charge on any atom is -0.393 e. The van der Waals surface area contributed by atoms with Crippen LogP contribution in [0.2, 0.25) is 0 Å². The van der Waals surface area contributed by atoms with Gasteiger partial charge in [-0.3, -0.25) is 4.68 Å². The van der Waals surface area contributed by atoms with Gasteiger partial charge in [0.25, 0.3) is 0 Å². The fourth-order valence-electron chi connectivity index (χ4n) is 1.77. The minimum absolute atomic E-state index is 0.0826. The van der Waals surface area contributed by atoms with E-state index >= 15 is 0 Å². The van der Waals surface area contributed by atoms with Crippen molar-refractivity contribution in [1.82, 2.24) is 9.78 Å². The summed E-state index contributed by atoms with van der Waals surface area (Å²) in [6, 6.07) is 3.41. The predicted octanol–water partition coefficient (Wildman–Crippen LogP) is 1.16. The molecular formula is C9H13N2O. The van der Waals surface area contributed by atoms with E-state index in [4.69, 9.17) is 0 Å². The van der Waals surface area contributed by atoms with Crippen LogP contribution < -0.4 is 0 Å². The largest absolute Gasteiger partial charge is 0.393 e. The van der Waals surface area contributed by atoms with E-state index in [0.717, 1.165) is 25.7 Å². The minimum atomic E-state index is -0.0826. The van der Waals surface area contributed by atoms with Crippen molar-refractivity contribution in [1.29, 1.82) is 0 Å². The van der Waals surface area contributed by atoms with Crippen LogP contribution in [0.25, 0.3) is 0 Å². The number of hydrogen-bond donors (Lipinski definition) is 1. The first-order valence-corrected chi connectivity index (χ1v) is 4.44. The summed E-state index contributed by atoms with van der Waals surface area (Å²) in [7, 11) is 0. The molecule has 1 radical (unpaired) electrons. The van der Waals surface area contributed by atoms with Crippen LogP contribution in [0.3, 0.4) is 0 Å². The van der Waals surface area contributed by atoms with Gasteiger partial charge < -0.3 is 5.11 Å². The first-order chi connectivity index (χ1) is 5.86. The van der Waals surface area contributed by atoms with Crippen molar-refractivity contribution in [2.24, 2.45) is 0 Å². The smallest absolute Gasteiger partial charge is 0.0569 e. The molecule has 0 atom stereocenters. The Balaban J connectivity index is 1.99. The molecule has 0 bridgehead atoms. The molecule has 0 aromatic carbocycles. The lowest BCUT2D eigenvalue weighted by molar-refractivity contribution is 0.108. The van der Waals surface area contributed by atoms with Gasteiger partial charge in [-0.25, -0.2) is 0 Å². The maximum atomic E-state index is 9.29. The molecule has 0 amide bonds. The van der Waals surface area contributed by atoms with Crippen molar-refractivity contribution in [2.75, 3.05) is 0 Å². The second-order valence-electron chi connectivity index (χ2n) is 3.38. The SMILES string of the molecule is OC1CCC(n2c[c]cn2)CC1. The van der Waals surface area contributed by atoms with E-state index in [9.17, 15) is 5.11 Å². The zero-order chi connectivity index (χ0) is 8.39. The van der Waals surface area contributed by atoms with Gasteiger partial charge in [0.05, 0.1) is 18.3 Å². The Morgan fingerprint density at radius 3 is 2.67 bits per heavy atom. The van der Waals surface area contributed by atoms with E-state index in [1.54, 1.807) is 6.20 Å². The van der Waals surface area contributed by atoms with E-state index in [2.05, 4.69) is 11.2 Å². The van der Waals surface area contributed by atoms with Crippen molar-refractivity contribution in [2.45, 2.75) is 37.8 Å². The number of hydrogen-bond acceptors (Lipinski definition) is 2. The van der Waals surface area contributed by atoms with Gasteiger partial charge in [-0.05, 0) is 25.7 Å². The summed E-state index contributed by atoms with van der Waals surface area (Å²) in [5.74, 6) is 0.